The zero-order chi connectivity index (χ0) is 34.3. The number of aromatic nitrogens is 2. The Labute approximate surface area is 274 Å². The molecule has 0 bridgehead atoms. The van der Waals surface area contributed by atoms with E-state index < -0.39 is 41.6 Å². The zero-order valence-electron chi connectivity index (χ0n) is 25.8. The minimum Gasteiger partial charge on any atom is -0.393 e. The van der Waals surface area contributed by atoms with Gasteiger partial charge in [0.15, 0.2) is 6.04 Å². The van der Waals surface area contributed by atoms with Crippen LogP contribution in [0.1, 0.15) is 57.8 Å². The molecule has 5 aromatic rings. The molecule has 0 saturated heterocycles. The van der Waals surface area contributed by atoms with Gasteiger partial charge in [0, 0.05) is 29.3 Å². The Morgan fingerprint density at radius 1 is 0.875 bits per heavy atom. The summed E-state index contributed by atoms with van der Waals surface area (Å²) in [5, 5.41) is 18.4. The van der Waals surface area contributed by atoms with Crippen LogP contribution >= 0.6 is 0 Å². The number of hydrogen-bond acceptors (Lipinski definition) is 6. The highest BCUT2D eigenvalue weighted by atomic mass is 19.4. The molecule has 0 aliphatic heterocycles. The van der Waals surface area contributed by atoms with Gasteiger partial charge in [0.25, 0.3) is 11.8 Å². The first-order valence-electron chi connectivity index (χ1n) is 15.2. The Balaban J connectivity index is 1.30. The van der Waals surface area contributed by atoms with Gasteiger partial charge in [-0.05, 0) is 91.6 Å². The number of aliphatic hydroxyl groups excluding tert-OH is 1. The Morgan fingerprint density at radius 3 is 2.33 bits per heavy atom. The van der Waals surface area contributed by atoms with Crippen molar-refractivity contribution < 1.29 is 32.7 Å². The fourth-order valence-corrected chi connectivity index (χ4v) is 5.04. The topological polar surface area (TPSA) is 133 Å². The number of aliphatic hydroxyl groups is 1. The van der Waals surface area contributed by atoms with Crippen molar-refractivity contribution in [3.8, 4) is 11.1 Å². The molecule has 2 atom stereocenters. The average molecular weight is 656 g/mol. The van der Waals surface area contributed by atoms with Crippen molar-refractivity contribution in [2.45, 2.75) is 38.1 Å². The minimum absolute atomic E-state index is 0.231. The predicted molar refractivity (Wildman–Crippen MR) is 175 cm³/mol. The van der Waals surface area contributed by atoms with Gasteiger partial charge in [-0.3, -0.25) is 19.4 Å². The van der Waals surface area contributed by atoms with Crippen LogP contribution in [0, 0.1) is 0 Å². The number of amides is 3. The number of halogens is 3. The largest absolute Gasteiger partial charge is 0.416 e. The third-order valence-corrected chi connectivity index (χ3v) is 7.51. The summed E-state index contributed by atoms with van der Waals surface area (Å²) in [4.78, 5) is 48.3. The van der Waals surface area contributed by atoms with E-state index in [9.17, 15) is 32.7 Å². The first-order valence-corrected chi connectivity index (χ1v) is 15.2. The van der Waals surface area contributed by atoms with Crippen molar-refractivity contribution >= 4 is 34.4 Å². The molecule has 3 aromatic carbocycles. The Kier molecular flexibility index (Phi) is 10.4. The summed E-state index contributed by atoms with van der Waals surface area (Å²) < 4.78 is 39.1. The van der Waals surface area contributed by atoms with E-state index in [1.165, 1.54) is 18.3 Å². The van der Waals surface area contributed by atoms with E-state index in [2.05, 4.69) is 25.9 Å². The van der Waals surface area contributed by atoms with Crippen molar-refractivity contribution in [3.05, 3.63) is 126 Å². The van der Waals surface area contributed by atoms with Crippen LogP contribution < -0.4 is 16.0 Å². The number of alkyl halides is 3. The second-order valence-corrected chi connectivity index (χ2v) is 11.1. The number of hydrogen-bond donors (Lipinski definition) is 4. The van der Waals surface area contributed by atoms with E-state index in [4.69, 9.17) is 0 Å². The first-order chi connectivity index (χ1) is 23.0. The maximum atomic E-state index is 13.3. The molecule has 0 radical (unpaired) electrons. The second kappa shape index (κ2) is 14.9. The fourth-order valence-electron chi connectivity index (χ4n) is 5.04. The van der Waals surface area contributed by atoms with E-state index in [1.54, 1.807) is 79.7 Å². The lowest BCUT2D eigenvalue weighted by Crippen LogP contribution is -2.41. The molecule has 0 spiro atoms. The highest BCUT2D eigenvalue weighted by molar-refractivity contribution is 6.08. The molecule has 5 rings (SSSR count). The lowest BCUT2D eigenvalue weighted by molar-refractivity contribution is -0.137. The number of nitrogens with zero attached hydrogens (tertiary/aromatic N) is 2. The Bertz CT molecular complexity index is 1920. The van der Waals surface area contributed by atoms with Gasteiger partial charge in [-0.2, -0.15) is 13.2 Å². The summed E-state index contributed by atoms with van der Waals surface area (Å²) in [7, 11) is 0. The molecule has 0 aliphatic carbocycles. The van der Waals surface area contributed by atoms with Gasteiger partial charge < -0.3 is 21.1 Å². The second-order valence-electron chi connectivity index (χ2n) is 11.1. The van der Waals surface area contributed by atoms with Crippen LogP contribution in [0.2, 0.25) is 0 Å². The summed E-state index contributed by atoms with van der Waals surface area (Å²) in [6.45, 7) is 1.99. The summed E-state index contributed by atoms with van der Waals surface area (Å²) in [5.74, 6) is -1.22. The first kappa shape index (κ1) is 33.7. The van der Waals surface area contributed by atoms with Crippen molar-refractivity contribution in [3.63, 3.8) is 0 Å². The number of anilines is 1. The lowest BCUT2D eigenvalue weighted by Gasteiger charge is -2.18. The van der Waals surface area contributed by atoms with E-state index in [0.29, 0.717) is 47.1 Å². The quantitative estimate of drug-likeness (QED) is 0.123. The third-order valence-electron chi connectivity index (χ3n) is 7.51. The maximum Gasteiger partial charge on any atom is 0.416 e. The number of rotatable bonds is 11. The van der Waals surface area contributed by atoms with Crippen LogP contribution in [0.15, 0.2) is 103 Å². The molecule has 2 heterocycles. The lowest BCUT2D eigenvalue weighted by atomic mass is 9.98. The molecule has 0 saturated carbocycles. The van der Waals surface area contributed by atoms with E-state index in [-0.39, 0.29) is 16.9 Å². The number of nitrogens with one attached hydrogen (secondary N) is 3. The molecule has 48 heavy (non-hydrogen) atoms. The number of fused-ring (bicyclic) bond motifs is 1. The van der Waals surface area contributed by atoms with Crippen LogP contribution in [-0.4, -0.2) is 45.4 Å². The molecule has 0 aliphatic rings. The molecule has 2 aromatic heterocycles. The van der Waals surface area contributed by atoms with Crippen molar-refractivity contribution in [1.82, 2.24) is 20.6 Å². The van der Waals surface area contributed by atoms with E-state index in [0.717, 1.165) is 12.1 Å². The highest BCUT2D eigenvalue weighted by Crippen LogP contribution is 2.32. The Hall–Kier alpha value is -5.62. The molecule has 4 N–H and O–H groups in total. The zero-order valence-corrected chi connectivity index (χ0v) is 25.8. The molecule has 1 unspecified atom stereocenters. The van der Waals surface area contributed by atoms with Crippen molar-refractivity contribution in [1.29, 1.82) is 0 Å². The smallest absolute Gasteiger partial charge is 0.393 e. The summed E-state index contributed by atoms with van der Waals surface area (Å²) in [6, 6.07) is 23.2. The molecular formula is C36H32F3N5O4. The standard InChI is InChI=1S/C36H32F3N5O4/c1-22(45)7-6-20-41-35(48)32(30-10-4-5-19-40-30)44-33(46)25-13-17-29-24(21-25)14-18-31(42-29)43-34(47)28-9-3-2-8-27(28)23-11-15-26(16-12-23)36(37,38)39/h2-5,8-19,21-22,32,45H,6-7,20H2,1H3,(H,41,48)(H,44,46)(H,42,43,47)/t22-,32?/m0/s1. The van der Waals surface area contributed by atoms with Crippen molar-refractivity contribution in [2.24, 2.45) is 0 Å². The van der Waals surface area contributed by atoms with Gasteiger partial charge in [0.2, 0.25) is 5.91 Å². The van der Waals surface area contributed by atoms with Gasteiger partial charge >= 0.3 is 6.18 Å². The van der Waals surface area contributed by atoms with Gasteiger partial charge in [-0.1, -0.05) is 36.4 Å². The van der Waals surface area contributed by atoms with Gasteiger partial charge in [0.05, 0.1) is 22.9 Å². The van der Waals surface area contributed by atoms with Crippen molar-refractivity contribution in [2.75, 3.05) is 11.9 Å². The number of carbonyl (C=O) groups is 3. The third kappa shape index (κ3) is 8.39. The average Bonchev–Trinajstić information content (AvgIpc) is 3.08. The minimum atomic E-state index is -4.47. The number of carbonyl (C=O) groups excluding carboxylic acids is 3. The van der Waals surface area contributed by atoms with E-state index >= 15 is 0 Å². The molecule has 9 nitrogen and oxygen atoms in total. The number of benzene rings is 3. The Morgan fingerprint density at radius 2 is 1.62 bits per heavy atom. The molecule has 12 heteroatoms. The van der Waals surface area contributed by atoms with Gasteiger partial charge in [0.1, 0.15) is 5.82 Å². The van der Waals surface area contributed by atoms with Crippen LogP contribution in [-0.2, 0) is 11.0 Å². The van der Waals surface area contributed by atoms with Crippen LogP contribution in [0.4, 0.5) is 19.0 Å². The molecular weight excluding hydrogens is 623 g/mol. The predicted octanol–water partition coefficient (Wildman–Crippen LogP) is 6.32. The molecule has 0 fully saturated rings. The summed E-state index contributed by atoms with van der Waals surface area (Å²) in [6.07, 6.45) is -2.34. The van der Waals surface area contributed by atoms with Crippen LogP contribution in [0.25, 0.3) is 22.0 Å². The monoisotopic (exact) mass is 655 g/mol. The number of pyridine rings is 2. The summed E-state index contributed by atoms with van der Waals surface area (Å²) in [5.41, 5.74) is 1.49. The normalized spacial score (nSPS) is 12.6. The van der Waals surface area contributed by atoms with Gasteiger partial charge in [-0.25, -0.2) is 4.98 Å². The van der Waals surface area contributed by atoms with Crippen LogP contribution in [0.3, 0.4) is 0 Å². The summed E-state index contributed by atoms with van der Waals surface area (Å²) >= 11 is 0. The fraction of sp³-hybridized carbons (Fsp3) is 0.194. The molecule has 246 valence electrons. The molecule has 3 amide bonds. The van der Waals surface area contributed by atoms with Crippen LogP contribution in [0.5, 0.6) is 0 Å². The highest BCUT2D eigenvalue weighted by Gasteiger charge is 2.30. The van der Waals surface area contributed by atoms with Gasteiger partial charge in [-0.15, -0.1) is 0 Å². The maximum absolute atomic E-state index is 13.3. The SMILES string of the molecule is C[C@H](O)CCCNC(=O)C(NC(=O)c1ccc2nc(NC(=O)c3ccccc3-c3ccc(C(F)(F)F)cc3)ccc2c1)c1ccccn1. The van der Waals surface area contributed by atoms with E-state index in [1.807, 2.05) is 0 Å².